The van der Waals surface area contributed by atoms with E-state index in [9.17, 15) is 15.0 Å². The smallest absolute Gasteiger partial charge is 0.239 e. The quantitative estimate of drug-likeness (QED) is 0.334. The minimum Gasteiger partial charge on any atom is -0.390 e. The molecule has 290 valence electrons. The molecule has 1 unspecified atom stereocenters. The molecule has 3 saturated heterocycles. The van der Waals surface area contributed by atoms with Crippen LogP contribution < -0.4 is 0 Å². The molecule has 8 rings (SSSR count). The molecule has 9 heteroatoms. The number of likely N-dealkylation sites (tertiary alicyclic amines) is 1. The van der Waals surface area contributed by atoms with E-state index in [0.29, 0.717) is 48.8 Å². The highest BCUT2D eigenvalue weighted by Gasteiger charge is 2.84. The van der Waals surface area contributed by atoms with E-state index in [1.165, 1.54) is 25.7 Å². The summed E-state index contributed by atoms with van der Waals surface area (Å²) in [6.45, 7) is 24.3. The van der Waals surface area contributed by atoms with Gasteiger partial charge in [0.2, 0.25) is 5.91 Å². The Kier molecular flexibility index (Phi) is 8.99. The Morgan fingerprint density at radius 1 is 1.02 bits per heavy atom. The number of aliphatic hydroxyl groups excluding tert-OH is 1. The maximum absolute atomic E-state index is 13.0. The molecular weight excluding hydrogens is 644 g/mol. The Bertz CT molecular complexity index is 1350. The molecule has 0 aromatic heterocycles. The normalized spacial score (nSPS) is 50.1. The summed E-state index contributed by atoms with van der Waals surface area (Å²) in [5.41, 5.74) is -0.659. The summed E-state index contributed by atoms with van der Waals surface area (Å²) in [6.07, 6.45) is 8.60. The number of morpholine rings is 1. The maximum atomic E-state index is 13.0. The van der Waals surface area contributed by atoms with Gasteiger partial charge in [-0.15, -0.1) is 0 Å². The van der Waals surface area contributed by atoms with Crippen molar-refractivity contribution in [1.29, 1.82) is 0 Å². The summed E-state index contributed by atoms with van der Waals surface area (Å²) >= 11 is 0. The second-order valence-electron chi connectivity index (χ2n) is 20.4. The van der Waals surface area contributed by atoms with E-state index in [0.717, 1.165) is 51.7 Å². The lowest BCUT2D eigenvalue weighted by Crippen LogP contribution is -2.60. The van der Waals surface area contributed by atoms with Crippen LogP contribution in [-0.2, 0) is 23.7 Å². The van der Waals surface area contributed by atoms with Crippen molar-refractivity contribution in [3.8, 4) is 0 Å². The molecule has 1 amide bonds. The molecule has 0 radical (unpaired) electrons. The monoisotopic (exact) mass is 715 g/mol. The number of aliphatic hydroxyl groups is 2. The Morgan fingerprint density at radius 2 is 1.73 bits per heavy atom. The van der Waals surface area contributed by atoms with Gasteiger partial charge in [0.05, 0.1) is 49.2 Å². The molecule has 2 N–H and O–H groups in total. The van der Waals surface area contributed by atoms with Crippen LogP contribution in [-0.4, -0.2) is 114 Å². The molecule has 3 aliphatic heterocycles. The second kappa shape index (κ2) is 12.3. The fraction of sp³-hybridized carbons (Fsp3) is 0.976. The molecule has 8 aliphatic rings. The molecule has 15 atom stereocenters. The molecule has 2 spiro atoms. The molecule has 9 nitrogen and oxygen atoms in total. The maximum Gasteiger partial charge on any atom is 0.239 e. The first kappa shape index (κ1) is 37.1. The van der Waals surface area contributed by atoms with Gasteiger partial charge in [0, 0.05) is 31.7 Å². The van der Waals surface area contributed by atoms with Gasteiger partial charge >= 0.3 is 0 Å². The Hall–Kier alpha value is -0.810. The number of hydrogen-bond donors (Lipinski definition) is 2. The van der Waals surface area contributed by atoms with Crippen LogP contribution in [0.15, 0.2) is 0 Å². The zero-order valence-electron chi connectivity index (χ0n) is 33.3. The third kappa shape index (κ3) is 5.13. The van der Waals surface area contributed by atoms with Crippen molar-refractivity contribution in [3.63, 3.8) is 0 Å². The number of carbonyl (C=O) groups is 1. The zero-order valence-corrected chi connectivity index (χ0v) is 33.3. The van der Waals surface area contributed by atoms with Crippen LogP contribution in [0, 0.1) is 50.7 Å². The number of nitrogens with zero attached hydrogens (tertiary/aromatic N) is 2. The molecular formula is C42H70N2O7. The summed E-state index contributed by atoms with van der Waals surface area (Å²) < 4.78 is 26.3. The van der Waals surface area contributed by atoms with Crippen LogP contribution >= 0.6 is 0 Å². The number of fused-ring (bicyclic) bond motifs is 4. The minimum atomic E-state index is -1.02. The highest BCUT2D eigenvalue weighted by molar-refractivity contribution is 5.82. The van der Waals surface area contributed by atoms with Crippen molar-refractivity contribution in [1.82, 2.24) is 9.80 Å². The average molecular weight is 715 g/mol. The van der Waals surface area contributed by atoms with Gasteiger partial charge < -0.3 is 34.1 Å². The molecule has 5 aliphatic carbocycles. The molecule has 5 saturated carbocycles. The summed E-state index contributed by atoms with van der Waals surface area (Å²) in [7, 11) is 0. The van der Waals surface area contributed by atoms with Gasteiger partial charge in [-0.05, 0) is 131 Å². The van der Waals surface area contributed by atoms with Crippen molar-refractivity contribution in [2.24, 2.45) is 50.7 Å². The van der Waals surface area contributed by atoms with Crippen LogP contribution in [0.1, 0.15) is 120 Å². The van der Waals surface area contributed by atoms with E-state index in [1.54, 1.807) is 0 Å². The first-order valence-electron chi connectivity index (χ1n) is 20.9. The van der Waals surface area contributed by atoms with Crippen LogP contribution in [0.4, 0.5) is 0 Å². The lowest BCUT2D eigenvalue weighted by Gasteiger charge is -2.64. The highest BCUT2D eigenvalue weighted by atomic mass is 16.7. The highest BCUT2D eigenvalue weighted by Crippen LogP contribution is 2.89. The van der Waals surface area contributed by atoms with E-state index < -0.39 is 17.8 Å². The number of hydrogen-bond acceptors (Lipinski definition) is 8. The average Bonchev–Trinajstić information content (AvgIpc) is 3.68. The second-order valence-corrected chi connectivity index (χ2v) is 20.4. The van der Waals surface area contributed by atoms with E-state index in [-0.39, 0.29) is 58.2 Å². The van der Waals surface area contributed by atoms with Crippen LogP contribution in [0.2, 0.25) is 0 Å². The first-order chi connectivity index (χ1) is 24.0. The van der Waals surface area contributed by atoms with E-state index >= 15 is 0 Å². The van der Waals surface area contributed by atoms with Gasteiger partial charge in [0.15, 0.2) is 6.29 Å². The van der Waals surface area contributed by atoms with Crippen LogP contribution in [0.3, 0.4) is 0 Å². The van der Waals surface area contributed by atoms with Crippen molar-refractivity contribution >= 4 is 5.91 Å². The summed E-state index contributed by atoms with van der Waals surface area (Å²) in [5, 5.41) is 23.7. The van der Waals surface area contributed by atoms with Crippen molar-refractivity contribution in [3.05, 3.63) is 0 Å². The number of carbonyl (C=O) groups excluding carboxylic acids is 1. The van der Waals surface area contributed by atoms with Crippen LogP contribution in [0.5, 0.6) is 0 Å². The van der Waals surface area contributed by atoms with Gasteiger partial charge in [-0.2, -0.15) is 0 Å². The van der Waals surface area contributed by atoms with Crippen molar-refractivity contribution in [2.45, 2.75) is 169 Å². The standard InChI is InChI=1S/C42H70N2O7/c1-10-48-35(38(6,7)47)27-22-25(2)32-33(50-27)34(45)40(9)29-13-12-28-37(4,5)30(14-15-41(28)24-42(29,41)17-16-39(32,40)8)51-31-23-44(20-21-49-31)26(3)36(46)43-18-11-19-43/h25-35,45,47H,10-24H2,1-9H3/t25-,26+,27-,28+,29+,30+,31+,32+,33+,34+,35?,39-,40-,41-,42+/m1/s1. The third-order valence-electron chi connectivity index (χ3n) is 17.6. The predicted octanol–water partition coefficient (Wildman–Crippen LogP) is 5.64. The van der Waals surface area contributed by atoms with Gasteiger partial charge in [0.25, 0.3) is 0 Å². The molecule has 8 fully saturated rings. The SMILES string of the molecule is CCOC([C@H]1C[C@@H](C)[C@H]2[C@H](O1)[C@H](O)[C@@]1(C)[C@@H]3CC[C@H]4C(C)(C)[C@@H](O[C@H]5CN([C@@H](C)C(=O)N6CCC6)CCO5)CC[C@@]45C[C@@]35CC[C@]21C)C(C)(C)O. The topological polar surface area (TPSA) is 101 Å². The lowest BCUT2D eigenvalue weighted by molar-refractivity contribution is -0.250. The first-order valence-corrected chi connectivity index (χ1v) is 20.9. The fourth-order valence-corrected chi connectivity index (χ4v) is 14.9. The number of ether oxygens (including phenoxy) is 4. The van der Waals surface area contributed by atoms with Crippen molar-refractivity contribution in [2.75, 3.05) is 39.4 Å². The molecule has 51 heavy (non-hydrogen) atoms. The van der Waals surface area contributed by atoms with Gasteiger partial charge in [-0.25, -0.2) is 0 Å². The molecule has 0 aromatic rings. The largest absolute Gasteiger partial charge is 0.390 e. The fourth-order valence-electron chi connectivity index (χ4n) is 14.9. The Balaban J connectivity index is 0.993. The van der Waals surface area contributed by atoms with Gasteiger partial charge in [0.1, 0.15) is 6.10 Å². The van der Waals surface area contributed by atoms with Gasteiger partial charge in [-0.3, -0.25) is 9.69 Å². The van der Waals surface area contributed by atoms with Crippen LogP contribution in [0.25, 0.3) is 0 Å². The molecule has 0 aromatic carbocycles. The van der Waals surface area contributed by atoms with E-state index in [2.05, 4.69) is 39.5 Å². The van der Waals surface area contributed by atoms with Gasteiger partial charge in [-0.1, -0.05) is 34.6 Å². The summed E-state index contributed by atoms with van der Waals surface area (Å²) in [5.74, 6) is 1.97. The van der Waals surface area contributed by atoms with Crippen molar-refractivity contribution < 1.29 is 34.0 Å². The zero-order chi connectivity index (χ0) is 36.5. The lowest BCUT2D eigenvalue weighted by atomic mass is 9.41. The minimum absolute atomic E-state index is 0.00194. The summed E-state index contributed by atoms with van der Waals surface area (Å²) in [4.78, 5) is 17.3. The number of amides is 1. The Morgan fingerprint density at radius 3 is 2.39 bits per heavy atom. The predicted molar refractivity (Wildman–Crippen MR) is 195 cm³/mol. The molecule has 3 heterocycles. The Labute approximate surface area is 307 Å². The third-order valence-corrected chi connectivity index (χ3v) is 17.6. The van der Waals surface area contributed by atoms with E-state index in [4.69, 9.17) is 18.9 Å². The molecule has 0 bridgehead atoms. The summed E-state index contributed by atoms with van der Waals surface area (Å²) in [6, 6.07) is -0.135. The number of rotatable bonds is 8. The van der Waals surface area contributed by atoms with E-state index in [1.807, 2.05) is 32.6 Å².